The highest BCUT2D eigenvalue weighted by atomic mass is 32.2. The summed E-state index contributed by atoms with van der Waals surface area (Å²) in [5.41, 5.74) is 5.65. The molecule has 0 aromatic carbocycles. The van der Waals surface area contributed by atoms with Crippen molar-refractivity contribution in [1.82, 2.24) is 9.97 Å². The Morgan fingerprint density at radius 2 is 2.29 bits per heavy atom. The summed E-state index contributed by atoms with van der Waals surface area (Å²) in [5, 5.41) is 19.5. The van der Waals surface area contributed by atoms with Crippen LogP contribution in [0, 0.1) is 0 Å². The van der Waals surface area contributed by atoms with Gasteiger partial charge in [-0.2, -0.15) is 0 Å². The van der Waals surface area contributed by atoms with Gasteiger partial charge in [0.05, 0.1) is 11.8 Å². The van der Waals surface area contributed by atoms with E-state index in [0.29, 0.717) is 12.2 Å². The van der Waals surface area contributed by atoms with Gasteiger partial charge in [0.15, 0.2) is 5.12 Å². The molecule has 0 spiro atoms. The second kappa shape index (κ2) is 6.53. The van der Waals surface area contributed by atoms with E-state index in [1.54, 1.807) is 0 Å². The van der Waals surface area contributed by atoms with Crippen molar-refractivity contribution in [3.8, 4) is 0 Å². The van der Waals surface area contributed by atoms with Crippen LogP contribution in [0.5, 0.6) is 0 Å². The number of aromatic nitrogens is 2. The smallest absolute Gasteiger partial charge is 0.220 e. The second-order valence-corrected chi connectivity index (χ2v) is 4.75. The molecular weight excluding hydrogens is 242 g/mol. The molecule has 0 saturated heterocycles. The Morgan fingerprint density at radius 1 is 1.59 bits per heavy atom. The summed E-state index contributed by atoms with van der Waals surface area (Å²) < 4.78 is 0. The van der Waals surface area contributed by atoms with Crippen LogP contribution in [0.2, 0.25) is 0 Å². The molecule has 94 valence electrons. The van der Waals surface area contributed by atoms with E-state index < -0.39 is 12.2 Å². The lowest BCUT2D eigenvalue weighted by atomic mass is 10.1. The maximum Gasteiger partial charge on any atom is 0.220 e. The lowest BCUT2D eigenvalue weighted by Gasteiger charge is -2.16. The number of nitrogens with two attached hydrogens (primary N) is 1. The zero-order valence-electron chi connectivity index (χ0n) is 9.41. The standard InChI is InChI=1S/C10H15N3O3S/c1-6(14)17-5-3-8(15)9(16)7-2-4-12-10(11)13-7/h2,4,8-9,15-16H,3,5H2,1H3,(H2,11,12,13). The molecular formula is C10H15N3O3S. The molecule has 1 aromatic heterocycles. The number of rotatable bonds is 5. The van der Waals surface area contributed by atoms with Gasteiger partial charge >= 0.3 is 0 Å². The zero-order valence-corrected chi connectivity index (χ0v) is 10.2. The predicted molar refractivity (Wildman–Crippen MR) is 65.2 cm³/mol. The van der Waals surface area contributed by atoms with Crippen LogP contribution < -0.4 is 5.73 Å². The minimum absolute atomic E-state index is 0.0158. The highest BCUT2D eigenvalue weighted by Crippen LogP contribution is 2.18. The summed E-state index contributed by atoms with van der Waals surface area (Å²) in [5.74, 6) is 0.501. The molecule has 0 amide bonds. The molecule has 1 aromatic rings. The van der Waals surface area contributed by atoms with Crippen LogP contribution >= 0.6 is 11.8 Å². The number of aliphatic hydroxyl groups is 2. The summed E-state index contributed by atoms with van der Waals surface area (Å²) >= 11 is 1.11. The van der Waals surface area contributed by atoms with Gasteiger partial charge in [-0.3, -0.25) is 4.79 Å². The van der Waals surface area contributed by atoms with E-state index in [1.165, 1.54) is 19.2 Å². The van der Waals surface area contributed by atoms with Gasteiger partial charge in [0, 0.05) is 18.9 Å². The second-order valence-electron chi connectivity index (χ2n) is 3.48. The third-order valence-corrected chi connectivity index (χ3v) is 2.93. The first-order chi connectivity index (χ1) is 8.00. The van der Waals surface area contributed by atoms with Crippen molar-refractivity contribution < 1.29 is 15.0 Å². The average molecular weight is 257 g/mol. The third-order valence-electron chi connectivity index (χ3n) is 2.08. The molecule has 0 fully saturated rings. The molecule has 0 radical (unpaired) electrons. The van der Waals surface area contributed by atoms with E-state index in [-0.39, 0.29) is 16.8 Å². The Bertz CT molecular complexity index is 389. The number of anilines is 1. The maximum absolute atomic E-state index is 10.7. The van der Waals surface area contributed by atoms with Gasteiger partial charge in [-0.15, -0.1) is 0 Å². The van der Waals surface area contributed by atoms with Crippen molar-refractivity contribution >= 4 is 22.8 Å². The molecule has 17 heavy (non-hydrogen) atoms. The van der Waals surface area contributed by atoms with Crippen molar-refractivity contribution in [2.45, 2.75) is 25.6 Å². The molecule has 0 aliphatic carbocycles. The molecule has 2 unspecified atom stereocenters. The van der Waals surface area contributed by atoms with Crippen LogP contribution in [0.4, 0.5) is 5.95 Å². The first-order valence-electron chi connectivity index (χ1n) is 5.08. The van der Waals surface area contributed by atoms with Crippen molar-refractivity contribution in [2.24, 2.45) is 0 Å². The molecule has 4 N–H and O–H groups in total. The van der Waals surface area contributed by atoms with Crippen LogP contribution in [0.1, 0.15) is 25.1 Å². The Labute approximate surface area is 103 Å². The van der Waals surface area contributed by atoms with Crippen LogP contribution in [0.15, 0.2) is 12.3 Å². The maximum atomic E-state index is 10.7. The predicted octanol–water partition coefficient (Wildman–Crippen LogP) is 0.123. The fraction of sp³-hybridized carbons (Fsp3) is 0.500. The van der Waals surface area contributed by atoms with Crippen LogP contribution in [0.3, 0.4) is 0 Å². The highest BCUT2D eigenvalue weighted by molar-refractivity contribution is 8.13. The number of nitrogens with zero attached hydrogens (tertiary/aromatic N) is 2. The number of nitrogen functional groups attached to an aromatic ring is 1. The monoisotopic (exact) mass is 257 g/mol. The van der Waals surface area contributed by atoms with E-state index >= 15 is 0 Å². The van der Waals surface area contributed by atoms with E-state index in [1.807, 2.05) is 0 Å². The van der Waals surface area contributed by atoms with Crippen molar-refractivity contribution in [1.29, 1.82) is 0 Å². The highest BCUT2D eigenvalue weighted by Gasteiger charge is 2.19. The largest absolute Gasteiger partial charge is 0.390 e. The van der Waals surface area contributed by atoms with Crippen molar-refractivity contribution in [3.05, 3.63) is 18.0 Å². The molecule has 6 nitrogen and oxygen atoms in total. The Balaban J connectivity index is 2.51. The van der Waals surface area contributed by atoms with Crippen LogP contribution in [-0.2, 0) is 4.79 Å². The Hall–Kier alpha value is -1.18. The fourth-order valence-electron chi connectivity index (χ4n) is 1.23. The minimum Gasteiger partial charge on any atom is -0.390 e. The molecule has 0 aliphatic heterocycles. The van der Waals surface area contributed by atoms with E-state index in [0.717, 1.165) is 11.8 Å². The molecule has 1 rings (SSSR count). The zero-order chi connectivity index (χ0) is 12.8. The molecule has 0 saturated carbocycles. The molecule has 1 heterocycles. The molecule has 7 heteroatoms. The van der Waals surface area contributed by atoms with Crippen LogP contribution in [-0.4, -0.2) is 37.2 Å². The number of thioether (sulfide) groups is 1. The first kappa shape index (κ1) is 13.9. The summed E-state index contributed by atoms with van der Waals surface area (Å²) in [6, 6.07) is 1.49. The normalized spacial score (nSPS) is 14.3. The van der Waals surface area contributed by atoms with Gasteiger partial charge in [0.25, 0.3) is 0 Å². The number of carbonyl (C=O) groups is 1. The van der Waals surface area contributed by atoms with Crippen LogP contribution in [0.25, 0.3) is 0 Å². The number of aliphatic hydroxyl groups excluding tert-OH is 2. The van der Waals surface area contributed by atoms with Gasteiger partial charge in [-0.1, -0.05) is 11.8 Å². The Morgan fingerprint density at radius 3 is 2.88 bits per heavy atom. The van der Waals surface area contributed by atoms with Gasteiger partial charge in [-0.25, -0.2) is 9.97 Å². The Kier molecular flexibility index (Phi) is 5.33. The van der Waals surface area contributed by atoms with Gasteiger partial charge in [0.2, 0.25) is 5.95 Å². The number of hydrogen-bond acceptors (Lipinski definition) is 7. The average Bonchev–Trinajstić information content (AvgIpc) is 2.27. The topological polar surface area (TPSA) is 109 Å². The minimum atomic E-state index is -1.12. The van der Waals surface area contributed by atoms with E-state index in [2.05, 4.69) is 9.97 Å². The first-order valence-corrected chi connectivity index (χ1v) is 6.07. The lowest BCUT2D eigenvalue weighted by Crippen LogP contribution is -2.20. The van der Waals surface area contributed by atoms with Gasteiger partial charge < -0.3 is 15.9 Å². The molecule has 0 bridgehead atoms. The summed E-state index contributed by atoms with van der Waals surface area (Å²) in [6.45, 7) is 1.46. The summed E-state index contributed by atoms with van der Waals surface area (Å²) in [6.07, 6.45) is -0.378. The molecule has 0 aliphatic rings. The number of hydrogen-bond donors (Lipinski definition) is 3. The quantitative estimate of drug-likeness (QED) is 0.687. The van der Waals surface area contributed by atoms with E-state index in [9.17, 15) is 15.0 Å². The van der Waals surface area contributed by atoms with E-state index in [4.69, 9.17) is 5.73 Å². The summed E-state index contributed by atoms with van der Waals surface area (Å²) in [7, 11) is 0. The summed E-state index contributed by atoms with van der Waals surface area (Å²) in [4.78, 5) is 18.2. The van der Waals surface area contributed by atoms with Crippen molar-refractivity contribution in [3.63, 3.8) is 0 Å². The molecule has 2 atom stereocenters. The lowest BCUT2D eigenvalue weighted by molar-refractivity contribution is -0.109. The number of carbonyl (C=O) groups excluding carboxylic acids is 1. The fourth-order valence-corrected chi connectivity index (χ4v) is 1.88. The SMILES string of the molecule is CC(=O)SCCC(O)C(O)c1ccnc(N)n1. The third kappa shape index (κ3) is 4.68. The van der Waals surface area contributed by atoms with Gasteiger partial charge in [-0.05, 0) is 12.5 Å². The van der Waals surface area contributed by atoms with Crippen molar-refractivity contribution in [2.75, 3.05) is 11.5 Å². The van der Waals surface area contributed by atoms with Gasteiger partial charge in [0.1, 0.15) is 6.10 Å².